The van der Waals surface area contributed by atoms with Gasteiger partial charge in [-0.05, 0) is 25.5 Å². The summed E-state index contributed by atoms with van der Waals surface area (Å²) < 4.78 is 0. The van der Waals surface area contributed by atoms with E-state index in [1.54, 1.807) is 0 Å². The Bertz CT molecular complexity index is 534. The Morgan fingerprint density at radius 1 is 1.27 bits per heavy atom. The number of nitrogens with one attached hydrogen (secondary N) is 1. The summed E-state index contributed by atoms with van der Waals surface area (Å²) >= 11 is 0. The van der Waals surface area contributed by atoms with Crippen LogP contribution in [0, 0.1) is 25.2 Å². The molecule has 0 saturated heterocycles. The third-order valence-electron chi connectivity index (χ3n) is 2.30. The second-order valence-corrected chi connectivity index (χ2v) is 3.45. The number of aromatic amines is 1. The molecule has 0 spiro atoms. The quantitative estimate of drug-likeness (QED) is 0.761. The van der Waals surface area contributed by atoms with Crippen molar-refractivity contribution in [2.75, 3.05) is 0 Å². The van der Waals surface area contributed by atoms with E-state index < -0.39 is 0 Å². The summed E-state index contributed by atoms with van der Waals surface area (Å²) in [7, 11) is 0. The molecule has 0 aliphatic carbocycles. The Labute approximate surface area is 87.6 Å². The van der Waals surface area contributed by atoms with Crippen LogP contribution in [0.15, 0.2) is 18.2 Å². The fourth-order valence-corrected chi connectivity index (χ4v) is 1.49. The molecular weight excluding hydrogens is 188 g/mol. The van der Waals surface area contributed by atoms with Crippen molar-refractivity contribution < 1.29 is 0 Å². The van der Waals surface area contributed by atoms with E-state index >= 15 is 0 Å². The van der Waals surface area contributed by atoms with E-state index in [1.165, 1.54) is 0 Å². The first-order valence-electron chi connectivity index (χ1n) is 4.61. The summed E-state index contributed by atoms with van der Waals surface area (Å²) in [5.41, 5.74) is 4.15. The van der Waals surface area contributed by atoms with Gasteiger partial charge < -0.3 is 0 Å². The molecule has 0 amide bonds. The van der Waals surface area contributed by atoms with Crippen molar-refractivity contribution in [1.82, 2.24) is 15.4 Å². The zero-order valence-corrected chi connectivity index (χ0v) is 8.57. The fourth-order valence-electron chi connectivity index (χ4n) is 1.49. The van der Waals surface area contributed by atoms with Crippen molar-refractivity contribution in [1.29, 1.82) is 5.26 Å². The first-order chi connectivity index (χ1) is 7.22. The van der Waals surface area contributed by atoms with Crippen molar-refractivity contribution in [3.8, 4) is 17.3 Å². The lowest BCUT2D eigenvalue weighted by atomic mass is 10.0. The van der Waals surface area contributed by atoms with E-state index in [2.05, 4.69) is 15.4 Å². The molecule has 0 atom stereocenters. The van der Waals surface area contributed by atoms with Crippen molar-refractivity contribution in [3.05, 3.63) is 35.0 Å². The Morgan fingerprint density at radius 2 is 2.07 bits per heavy atom. The van der Waals surface area contributed by atoms with Crippen LogP contribution in [-0.2, 0) is 0 Å². The van der Waals surface area contributed by atoms with E-state index in [0.29, 0.717) is 11.4 Å². The van der Waals surface area contributed by atoms with Crippen molar-refractivity contribution in [2.24, 2.45) is 0 Å². The minimum atomic E-state index is 0.337. The summed E-state index contributed by atoms with van der Waals surface area (Å²) in [4.78, 5) is 0. The van der Waals surface area contributed by atoms with Gasteiger partial charge >= 0.3 is 0 Å². The number of nitrogens with zero attached hydrogens (tertiary/aromatic N) is 3. The first kappa shape index (κ1) is 9.41. The third-order valence-corrected chi connectivity index (χ3v) is 2.30. The molecule has 0 unspecified atom stereocenters. The van der Waals surface area contributed by atoms with Crippen LogP contribution in [0.1, 0.15) is 16.8 Å². The van der Waals surface area contributed by atoms with Crippen LogP contribution in [0.4, 0.5) is 0 Å². The maximum absolute atomic E-state index is 8.86. The van der Waals surface area contributed by atoms with Gasteiger partial charge in [-0.1, -0.05) is 17.7 Å². The molecule has 4 heteroatoms. The van der Waals surface area contributed by atoms with Gasteiger partial charge in [-0.25, -0.2) is 0 Å². The lowest BCUT2D eigenvalue weighted by Crippen LogP contribution is -1.88. The molecule has 1 aromatic heterocycles. The van der Waals surface area contributed by atoms with Gasteiger partial charge in [-0.3, -0.25) is 0 Å². The Balaban J connectivity index is 2.64. The molecule has 0 radical (unpaired) electrons. The second-order valence-electron chi connectivity index (χ2n) is 3.45. The molecule has 0 aliphatic rings. The van der Waals surface area contributed by atoms with E-state index in [0.717, 1.165) is 16.7 Å². The number of aromatic nitrogens is 3. The highest BCUT2D eigenvalue weighted by Crippen LogP contribution is 2.24. The highest BCUT2D eigenvalue weighted by atomic mass is 15.3. The second kappa shape index (κ2) is 3.54. The largest absolute Gasteiger partial charge is 0.196 e. The molecule has 0 fully saturated rings. The predicted octanol–water partition coefficient (Wildman–Crippen LogP) is 1.96. The van der Waals surface area contributed by atoms with Crippen molar-refractivity contribution in [2.45, 2.75) is 13.8 Å². The van der Waals surface area contributed by atoms with Crippen LogP contribution in [0.25, 0.3) is 11.3 Å². The van der Waals surface area contributed by atoms with Gasteiger partial charge in [0.05, 0.1) is 0 Å². The summed E-state index contributed by atoms with van der Waals surface area (Å²) in [6, 6.07) is 8.07. The summed E-state index contributed by atoms with van der Waals surface area (Å²) in [6.45, 7) is 4.00. The van der Waals surface area contributed by atoms with E-state index in [9.17, 15) is 0 Å². The average molecular weight is 198 g/mol. The molecule has 2 aromatic rings. The fraction of sp³-hybridized carbons (Fsp3) is 0.182. The zero-order chi connectivity index (χ0) is 10.8. The van der Waals surface area contributed by atoms with Crippen LogP contribution >= 0.6 is 0 Å². The minimum Gasteiger partial charge on any atom is -0.196 e. The molecule has 2 rings (SSSR count). The lowest BCUT2D eigenvalue weighted by molar-refractivity contribution is 0.937. The Hall–Kier alpha value is -2.15. The van der Waals surface area contributed by atoms with Gasteiger partial charge in [-0.2, -0.15) is 15.6 Å². The smallest absolute Gasteiger partial charge is 0.190 e. The van der Waals surface area contributed by atoms with Crippen LogP contribution in [-0.4, -0.2) is 15.4 Å². The monoisotopic (exact) mass is 198 g/mol. The van der Waals surface area contributed by atoms with E-state index in [-0.39, 0.29) is 0 Å². The molecule has 15 heavy (non-hydrogen) atoms. The van der Waals surface area contributed by atoms with E-state index in [4.69, 9.17) is 5.26 Å². The maximum Gasteiger partial charge on any atom is 0.190 e. The van der Waals surface area contributed by atoms with E-state index in [1.807, 2.05) is 38.1 Å². The molecule has 74 valence electrons. The normalized spacial score (nSPS) is 9.93. The van der Waals surface area contributed by atoms with Gasteiger partial charge in [-0.15, -0.1) is 5.10 Å². The number of H-pyrrole nitrogens is 1. The number of nitriles is 1. The highest BCUT2D eigenvalue weighted by Gasteiger charge is 2.11. The van der Waals surface area contributed by atoms with Gasteiger partial charge in [0, 0.05) is 5.56 Å². The van der Waals surface area contributed by atoms with Crippen LogP contribution in [0.5, 0.6) is 0 Å². The molecule has 0 saturated carbocycles. The number of hydrogen-bond donors (Lipinski definition) is 1. The summed E-state index contributed by atoms with van der Waals surface area (Å²) in [6.07, 6.45) is 0. The number of hydrogen-bond acceptors (Lipinski definition) is 3. The van der Waals surface area contributed by atoms with Crippen molar-refractivity contribution in [3.63, 3.8) is 0 Å². The molecule has 1 heterocycles. The van der Waals surface area contributed by atoms with Gasteiger partial charge in [0.2, 0.25) is 0 Å². The third kappa shape index (κ3) is 1.59. The van der Waals surface area contributed by atoms with Gasteiger partial charge in [0.1, 0.15) is 11.8 Å². The number of benzene rings is 1. The first-order valence-corrected chi connectivity index (χ1v) is 4.61. The number of rotatable bonds is 1. The molecule has 0 bridgehead atoms. The van der Waals surface area contributed by atoms with Crippen LogP contribution in [0.2, 0.25) is 0 Å². The zero-order valence-electron chi connectivity index (χ0n) is 8.57. The summed E-state index contributed by atoms with van der Waals surface area (Å²) in [5, 5.41) is 19.1. The molecule has 0 aliphatic heterocycles. The average Bonchev–Trinajstić information content (AvgIpc) is 2.69. The van der Waals surface area contributed by atoms with Gasteiger partial charge in [0.15, 0.2) is 5.69 Å². The van der Waals surface area contributed by atoms with Gasteiger partial charge in [0.25, 0.3) is 0 Å². The predicted molar refractivity (Wildman–Crippen MR) is 56.0 cm³/mol. The molecule has 1 N–H and O–H groups in total. The lowest BCUT2D eigenvalue weighted by Gasteiger charge is -2.03. The molecular formula is C11H10N4. The maximum atomic E-state index is 8.86. The van der Waals surface area contributed by atoms with Crippen LogP contribution in [0.3, 0.4) is 0 Å². The Kier molecular flexibility index (Phi) is 2.22. The molecule has 4 nitrogen and oxygen atoms in total. The SMILES string of the molecule is Cc1ccc(C)c(-c2n[nH]nc2C#N)c1. The molecule has 1 aromatic carbocycles. The summed E-state index contributed by atoms with van der Waals surface area (Å²) in [5.74, 6) is 0. The minimum absolute atomic E-state index is 0.337. The van der Waals surface area contributed by atoms with Crippen molar-refractivity contribution >= 4 is 0 Å². The highest BCUT2D eigenvalue weighted by molar-refractivity contribution is 5.68. The Morgan fingerprint density at radius 3 is 2.80 bits per heavy atom. The topological polar surface area (TPSA) is 65.4 Å². The van der Waals surface area contributed by atoms with Crippen LogP contribution < -0.4 is 0 Å². The number of aryl methyl sites for hydroxylation is 2. The standard InChI is InChI=1S/C11H10N4/c1-7-3-4-8(2)9(5-7)11-10(6-12)13-15-14-11/h3-5H,1-2H3,(H,13,14,15).